The van der Waals surface area contributed by atoms with E-state index in [1.807, 2.05) is 0 Å². The fraction of sp³-hybridized carbons (Fsp3) is 0.500. The summed E-state index contributed by atoms with van der Waals surface area (Å²) in [6.07, 6.45) is 17.9. The fourth-order valence-corrected chi connectivity index (χ4v) is 1.16. The van der Waals surface area contributed by atoms with Gasteiger partial charge >= 0.3 is 0 Å². The van der Waals surface area contributed by atoms with Crippen LogP contribution in [0.15, 0.2) is 36.5 Å². The van der Waals surface area contributed by atoms with Crippen molar-refractivity contribution in [3.63, 3.8) is 0 Å². The van der Waals surface area contributed by atoms with Crippen LogP contribution in [-0.4, -0.2) is 13.1 Å². The van der Waals surface area contributed by atoms with Crippen LogP contribution in [0.1, 0.15) is 39.0 Å². The van der Waals surface area contributed by atoms with E-state index in [9.17, 15) is 4.79 Å². The second-order valence-electron chi connectivity index (χ2n) is 3.40. The van der Waals surface area contributed by atoms with E-state index in [4.69, 9.17) is 0 Å². The van der Waals surface area contributed by atoms with Crippen LogP contribution in [0, 0.1) is 0 Å². The summed E-state index contributed by atoms with van der Waals surface area (Å²) in [5, 5.41) is 0. The molecule has 2 nitrogen and oxygen atoms in total. The van der Waals surface area contributed by atoms with Crippen LogP contribution in [0.25, 0.3) is 0 Å². The molecule has 0 aliphatic heterocycles. The minimum Gasteiger partial charge on any atom is -0.468 e. The van der Waals surface area contributed by atoms with Crippen LogP contribution in [0.3, 0.4) is 0 Å². The minimum atomic E-state index is 0.496. The summed E-state index contributed by atoms with van der Waals surface area (Å²) in [5.41, 5.74) is 0. The Balaban J connectivity index is 3.26. The smallest absolute Gasteiger partial charge is 0.293 e. The maximum atomic E-state index is 9.83. The van der Waals surface area contributed by atoms with Crippen molar-refractivity contribution in [2.24, 2.45) is 0 Å². The van der Waals surface area contributed by atoms with E-state index in [0.29, 0.717) is 13.1 Å². The third-order valence-corrected chi connectivity index (χ3v) is 1.98. The molecule has 0 unspecified atom stereocenters. The molecule has 0 atom stereocenters. The molecular weight excluding hydrogens is 200 g/mol. The molecule has 90 valence electrons. The number of rotatable bonds is 10. The lowest BCUT2D eigenvalue weighted by Gasteiger charge is -1.93. The van der Waals surface area contributed by atoms with Crippen molar-refractivity contribution in [1.29, 1.82) is 0 Å². The zero-order valence-electron chi connectivity index (χ0n) is 10.1. The predicted octanol–water partition coefficient (Wildman–Crippen LogP) is 3.80. The zero-order valence-corrected chi connectivity index (χ0v) is 10.1. The van der Waals surface area contributed by atoms with Crippen LogP contribution < -0.4 is 0 Å². The van der Waals surface area contributed by atoms with Gasteiger partial charge in [0, 0.05) is 0 Å². The molecule has 0 saturated heterocycles. The Bertz CT molecular complexity index is 227. The van der Waals surface area contributed by atoms with Crippen LogP contribution in [0.2, 0.25) is 0 Å². The van der Waals surface area contributed by atoms with Gasteiger partial charge in [-0.25, -0.2) is 0 Å². The van der Waals surface area contributed by atoms with Gasteiger partial charge in [0.2, 0.25) is 0 Å². The Kier molecular flexibility index (Phi) is 12.6. The van der Waals surface area contributed by atoms with Gasteiger partial charge in [0.1, 0.15) is 0 Å². The van der Waals surface area contributed by atoms with Crippen LogP contribution >= 0.6 is 0 Å². The van der Waals surface area contributed by atoms with Crippen molar-refractivity contribution < 1.29 is 9.53 Å². The summed E-state index contributed by atoms with van der Waals surface area (Å²) in [6, 6.07) is 0. The number of ether oxygens (including phenoxy) is 1. The minimum absolute atomic E-state index is 0.496. The normalized spacial score (nSPS) is 11.8. The first kappa shape index (κ1) is 14.7. The quantitative estimate of drug-likeness (QED) is 0.319. The van der Waals surface area contributed by atoms with Crippen molar-refractivity contribution in [2.75, 3.05) is 6.61 Å². The van der Waals surface area contributed by atoms with Crippen LogP contribution in [0.5, 0.6) is 0 Å². The Labute approximate surface area is 98.7 Å². The van der Waals surface area contributed by atoms with E-state index < -0.39 is 0 Å². The third-order valence-electron chi connectivity index (χ3n) is 1.98. The number of unbranched alkanes of at least 4 members (excludes halogenated alkanes) is 1. The number of carbonyl (C=O) groups is 1. The van der Waals surface area contributed by atoms with Gasteiger partial charge in [0.05, 0.1) is 6.61 Å². The molecule has 16 heavy (non-hydrogen) atoms. The molecule has 0 aliphatic rings. The summed E-state index contributed by atoms with van der Waals surface area (Å²) in [6.45, 7) is 3.15. The fourth-order valence-electron chi connectivity index (χ4n) is 1.16. The molecule has 0 aromatic heterocycles. The SMILES string of the molecule is CC/C=C\C/C=C\C/C=C\CCCOC=O. The average Bonchev–Trinajstić information content (AvgIpc) is 2.31. The third kappa shape index (κ3) is 12.7. The molecule has 0 saturated carbocycles. The zero-order chi connectivity index (χ0) is 11.9. The first-order chi connectivity index (χ1) is 7.91. The lowest BCUT2D eigenvalue weighted by Crippen LogP contribution is -1.89. The van der Waals surface area contributed by atoms with Gasteiger partial charge in [-0.15, -0.1) is 0 Å². The summed E-state index contributed by atoms with van der Waals surface area (Å²) in [7, 11) is 0. The molecule has 0 aromatic carbocycles. The van der Waals surface area contributed by atoms with Gasteiger partial charge in [0.15, 0.2) is 0 Å². The van der Waals surface area contributed by atoms with Crippen molar-refractivity contribution >= 4 is 6.47 Å². The van der Waals surface area contributed by atoms with Gasteiger partial charge < -0.3 is 4.74 Å². The maximum Gasteiger partial charge on any atom is 0.293 e. The first-order valence-corrected chi connectivity index (χ1v) is 5.92. The molecule has 0 amide bonds. The summed E-state index contributed by atoms with van der Waals surface area (Å²) in [4.78, 5) is 9.83. The Hall–Kier alpha value is -1.31. The highest BCUT2D eigenvalue weighted by atomic mass is 16.5. The van der Waals surface area contributed by atoms with Gasteiger partial charge in [0.25, 0.3) is 6.47 Å². The predicted molar refractivity (Wildman–Crippen MR) is 68.2 cm³/mol. The molecule has 0 heterocycles. The highest BCUT2D eigenvalue weighted by molar-refractivity contribution is 5.36. The Morgan fingerprint density at radius 1 is 0.938 bits per heavy atom. The highest BCUT2D eigenvalue weighted by Crippen LogP contribution is 1.95. The van der Waals surface area contributed by atoms with Gasteiger partial charge in [-0.2, -0.15) is 0 Å². The maximum absolute atomic E-state index is 9.83. The molecule has 0 N–H and O–H groups in total. The topological polar surface area (TPSA) is 26.3 Å². The highest BCUT2D eigenvalue weighted by Gasteiger charge is 1.82. The lowest BCUT2D eigenvalue weighted by atomic mass is 10.2. The number of hydrogen-bond donors (Lipinski definition) is 0. The lowest BCUT2D eigenvalue weighted by molar-refractivity contribution is -0.128. The van der Waals surface area contributed by atoms with E-state index in [1.165, 1.54) is 0 Å². The summed E-state index contributed by atoms with van der Waals surface area (Å²) >= 11 is 0. The number of hydrogen-bond acceptors (Lipinski definition) is 2. The molecule has 2 heteroatoms. The molecule has 0 bridgehead atoms. The van der Waals surface area contributed by atoms with Crippen LogP contribution in [0.4, 0.5) is 0 Å². The number of carbonyl (C=O) groups excluding carboxylic acids is 1. The van der Waals surface area contributed by atoms with Gasteiger partial charge in [-0.3, -0.25) is 4.79 Å². The molecule has 0 spiro atoms. The summed E-state index contributed by atoms with van der Waals surface area (Å²) in [5.74, 6) is 0. The van der Waals surface area contributed by atoms with E-state index in [2.05, 4.69) is 48.1 Å². The largest absolute Gasteiger partial charge is 0.468 e. The van der Waals surface area contributed by atoms with Gasteiger partial charge in [-0.1, -0.05) is 43.4 Å². The standard InChI is InChI=1S/C14H22O2/c1-2-3-4-5-6-7-8-9-10-11-12-13-16-14-15/h3-4,6-7,9-10,14H,2,5,8,11-13H2,1H3/b4-3-,7-6-,10-9-. The van der Waals surface area contributed by atoms with Crippen molar-refractivity contribution in [3.05, 3.63) is 36.5 Å². The molecule has 0 radical (unpaired) electrons. The average molecular weight is 222 g/mol. The molecule has 0 fully saturated rings. The van der Waals surface area contributed by atoms with E-state index in [1.54, 1.807) is 0 Å². The molecule has 0 rings (SSSR count). The molecule has 0 aromatic rings. The molecular formula is C14H22O2. The van der Waals surface area contributed by atoms with E-state index in [0.717, 1.165) is 32.1 Å². The molecule has 0 aliphatic carbocycles. The first-order valence-electron chi connectivity index (χ1n) is 5.92. The Morgan fingerprint density at radius 3 is 2.19 bits per heavy atom. The Morgan fingerprint density at radius 2 is 1.56 bits per heavy atom. The van der Waals surface area contributed by atoms with Crippen molar-refractivity contribution in [3.8, 4) is 0 Å². The second kappa shape index (κ2) is 13.7. The number of allylic oxidation sites excluding steroid dienone is 6. The summed E-state index contributed by atoms with van der Waals surface area (Å²) < 4.78 is 4.58. The van der Waals surface area contributed by atoms with Gasteiger partial charge in [-0.05, 0) is 32.1 Å². The van der Waals surface area contributed by atoms with E-state index in [-0.39, 0.29) is 0 Å². The van der Waals surface area contributed by atoms with Crippen molar-refractivity contribution in [1.82, 2.24) is 0 Å². The monoisotopic (exact) mass is 222 g/mol. The van der Waals surface area contributed by atoms with E-state index >= 15 is 0 Å². The second-order valence-corrected chi connectivity index (χ2v) is 3.40. The van der Waals surface area contributed by atoms with Crippen LogP contribution in [-0.2, 0) is 9.53 Å². The van der Waals surface area contributed by atoms with Crippen molar-refractivity contribution in [2.45, 2.75) is 39.0 Å².